The number of carbonyl (C=O) groups is 1. The Morgan fingerprint density at radius 3 is 3.00 bits per heavy atom. The molecule has 20 heavy (non-hydrogen) atoms. The summed E-state index contributed by atoms with van der Waals surface area (Å²) in [6.07, 6.45) is 0.423. The zero-order valence-electron chi connectivity index (χ0n) is 11.1. The number of hydrogen-bond donors (Lipinski definition) is 1. The smallest absolute Gasteiger partial charge is 0.231 e. The molecule has 1 aromatic heterocycles. The lowest BCUT2D eigenvalue weighted by molar-refractivity contribution is -0.121. The van der Waals surface area contributed by atoms with E-state index in [1.54, 1.807) is 11.3 Å². The van der Waals surface area contributed by atoms with E-state index in [0.29, 0.717) is 6.42 Å². The fraction of sp³-hybridized carbons (Fsp3) is 0.267. The maximum atomic E-state index is 12.0. The summed E-state index contributed by atoms with van der Waals surface area (Å²) in [4.78, 5) is 13.0. The van der Waals surface area contributed by atoms with Crippen molar-refractivity contribution in [2.24, 2.45) is 0 Å². The van der Waals surface area contributed by atoms with Gasteiger partial charge in [0.15, 0.2) is 11.5 Å². The van der Waals surface area contributed by atoms with Crippen molar-refractivity contribution >= 4 is 17.2 Å². The van der Waals surface area contributed by atoms with Crippen LogP contribution >= 0.6 is 11.3 Å². The number of carbonyl (C=O) groups excluding carboxylic acids is 1. The van der Waals surface area contributed by atoms with Crippen LogP contribution in [-0.2, 0) is 11.2 Å². The molecule has 104 valence electrons. The summed E-state index contributed by atoms with van der Waals surface area (Å²) >= 11 is 1.59. The van der Waals surface area contributed by atoms with E-state index >= 15 is 0 Å². The summed E-state index contributed by atoms with van der Waals surface area (Å²) in [7, 11) is 0. The fourth-order valence-electron chi connectivity index (χ4n) is 2.13. The van der Waals surface area contributed by atoms with Crippen molar-refractivity contribution < 1.29 is 14.3 Å². The van der Waals surface area contributed by atoms with Crippen molar-refractivity contribution in [3.05, 3.63) is 46.2 Å². The first-order valence-corrected chi connectivity index (χ1v) is 7.31. The number of hydrogen-bond acceptors (Lipinski definition) is 4. The largest absolute Gasteiger partial charge is 0.454 e. The quantitative estimate of drug-likeness (QED) is 0.941. The second kappa shape index (κ2) is 5.54. The van der Waals surface area contributed by atoms with Gasteiger partial charge in [0.2, 0.25) is 12.7 Å². The summed E-state index contributed by atoms with van der Waals surface area (Å²) in [6.45, 7) is 2.22. The Morgan fingerprint density at radius 1 is 1.35 bits per heavy atom. The number of fused-ring (bicyclic) bond motifs is 1. The van der Waals surface area contributed by atoms with Gasteiger partial charge in [-0.15, -0.1) is 11.3 Å². The molecular weight excluding hydrogens is 274 g/mol. The molecule has 0 saturated heterocycles. The van der Waals surface area contributed by atoms with Crippen molar-refractivity contribution in [3.63, 3.8) is 0 Å². The molecular formula is C15H15NO3S. The highest BCUT2D eigenvalue weighted by Gasteiger charge is 2.17. The highest BCUT2D eigenvalue weighted by Crippen LogP contribution is 2.34. The molecule has 0 bridgehead atoms. The molecule has 0 saturated carbocycles. The molecule has 0 unspecified atom stereocenters. The fourth-order valence-corrected chi connectivity index (χ4v) is 2.83. The molecule has 1 amide bonds. The van der Waals surface area contributed by atoms with E-state index in [-0.39, 0.29) is 18.7 Å². The first-order valence-electron chi connectivity index (χ1n) is 6.43. The Labute approximate surface area is 121 Å². The molecule has 4 nitrogen and oxygen atoms in total. The minimum absolute atomic E-state index is 0.0256. The summed E-state index contributed by atoms with van der Waals surface area (Å²) < 4.78 is 10.6. The van der Waals surface area contributed by atoms with E-state index in [4.69, 9.17) is 9.47 Å². The molecule has 0 spiro atoms. The summed E-state index contributed by atoms with van der Waals surface area (Å²) in [6, 6.07) is 9.60. The van der Waals surface area contributed by atoms with Crippen molar-refractivity contribution in [3.8, 4) is 11.5 Å². The van der Waals surface area contributed by atoms with Crippen LogP contribution in [0.25, 0.3) is 0 Å². The molecule has 1 atom stereocenters. The summed E-state index contributed by atoms with van der Waals surface area (Å²) in [5, 5.41) is 4.97. The third kappa shape index (κ3) is 2.77. The van der Waals surface area contributed by atoms with Gasteiger partial charge in [-0.25, -0.2) is 0 Å². The van der Waals surface area contributed by atoms with E-state index < -0.39 is 0 Å². The molecule has 2 heterocycles. The predicted octanol–water partition coefficient (Wildman–Crippen LogP) is 2.90. The van der Waals surface area contributed by atoms with E-state index in [0.717, 1.165) is 21.9 Å². The lowest BCUT2D eigenvalue weighted by Crippen LogP contribution is -2.27. The number of nitrogens with one attached hydrogen (secondary N) is 1. The van der Waals surface area contributed by atoms with Crippen LogP contribution in [0.5, 0.6) is 11.5 Å². The average Bonchev–Trinajstić information content (AvgIpc) is 3.07. The molecule has 0 aliphatic carbocycles. The van der Waals surface area contributed by atoms with Crippen molar-refractivity contribution in [2.75, 3.05) is 6.79 Å². The number of thiophene rings is 1. The molecule has 0 fully saturated rings. The number of rotatable bonds is 4. The number of ether oxygens (including phenoxy) is 2. The first-order chi connectivity index (χ1) is 9.72. The van der Waals surface area contributed by atoms with Crippen LogP contribution < -0.4 is 14.8 Å². The van der Waals surface area contributed by atoms with E-state index in [9.17, 15) is 4.79 Å². The average molecular weight is 289 g/mol. The van der Waals surface area contributed by atoms with Gasteiger partial charge >= 0.3 is 0 Å². The van der Waals surface area contributed by atoms with Crippen LogP contribution in [-0.4, -0.2) is 12.7 Å². The Hall–Kier alpha value is -2.01. The second-order valence-corrected chi connectivity index (χ2v) is 5.69. The van der Waals surface area contributed by atoms with Crippen LogP contribution in [0.2, 0.25) is 0 Å². The maximum Gasteiger partial charge on any atom is 0.231 e. The normalized spacial score (nSPS) is 14.1. The highest BCUT2D eigenvalue weighted by atomic mass is 32.1. The first kappa shape index (κ1) is 13.0. The van der Waals surface area contributed by atoms with Crippen molar-refractivity contribution in [2.45, 2.75) is 19.4 Å². The van der Waals surface area contributed by atoms with Gasteiger partial charge in [-0.1, -0.05) is 12.1 Å². The third-order valence-electron chi connectivity index (χ3n) is 3.19. The molecule has 1 N–H and O–H groups in total. The van der Waals surface area contributed by atoms with Crippen LogP contribution in [0.3, 0.4) is 0 Å². The maximum absolute atomic E-state index is 12.0. The summed E-state index contributed by atoms with van der Waals surface area (Å²) in [5.41, 5.74) is 1.01. The van der Waals surface area contributed by atoms with Gasteiger partial charge in [-0.3, -0.25) is 4.79 Å². The molecule has 2 aromatic rings. The van der Waals surface area contributed by atoms with Crippen molar-refractivity contribution in [1.29, 1.82) is 0 Å². The van der Waals surface area contributed by atoms with Gasteiger partial charge in [-0.2, -0.15) is 0 Å². The van der Waals surface area contributed by atoms with Gasteiger partial charge in [0, 0.05) is 4.88 Å². The number of benzene rings is 1. The third-order valence-corrected chi connectivity index (χ3v) is 4.07. The molecule has 1 aliphatic rings. The SMILES string of the molecule is C[C@H](NC(=O)Cc1cccs1)c1ccc2c(c1)OCO2. The molecule has 0 radical (unpaired) electrons. The van der Waals surface area contributed by atoms with Gasteiger partial charge in [0.25, 0.3) is 0 Å². The van der Waals surface area contributed by atoms with Gasteiger partial charge in [0.05, 0.1) is 12.5 Å². The van der Waals surface area contributed by atoms with Gasteiger partial charge in [0.1, 0.15) is 0 Å². The van der Waals surface area contributed by atoms with E-state index in [1.165, 1.54) is 0 Å². The Kier molecular flexibility index (Phi) is 3.60. The minimum Gasteiger partial charge on any atom is -0.454 e. The zero-order valence-corrected chi connectivity index (χ0v) is 11.9. The molecule has 5 heteroatoms. The van der Waals surface area contributed by atoms with E-state index in [2.05, 4.69) is 5.32 Å². The van der Waals surface area contributed by atoms with E-state index in [1.807, 2.05) is 42.6 Å². The van der Waals surface area contributed by atoms with Gasteiger partial charge in [-0.05, 0) is 36.1 Å². The standard InChI is InChI=1S/C15H15NO3S/c1-10(16-15(17)8-12-3-2-6-20-12)11-4-5-13-14(7-11)19-9-18-13/h2-7,10H,8-9H2,1H3,(H,16,17)/t10-/m0/s1. The lowest BCUT2D eigenvalue weighted by Gasteiger charge is -2.14. The molecule has 3 rings (SSSR count). The van der Waals surface area contributed by atoms with Crippen molar-refractivity contribution in [1.82, 2.24) is 5.32 Å². The monoisotopic (exact) mass is 289 g/mol. The Bertz CT molecular complexity index is 610. The predicted molar refractivity (Wildman–Crippen MR) is 77.1 cm³/mol. The zero-order chi connectivity index (χ0) is 13.9. The highest BCUT2D eigenvalue weighted by molar-refractivity contribution is 7.10. The lowest BCUT2D eigenvalue weighted by atomic mass is 10.1. The Morgan fingerprint density at radius 2 is 2.20 bits per heavy atom. The minimum atomic E-state index is -0.0584. The van der Waals surface area contributed by atoms with Crippen LogP contribution in [0.4, 0.5) is 0 Å². The topological polar surface area (TPSA) is 47.6 Å². The molecule has 1 aromatic carbocycles. The summed E-state index contributed by atoms with van der Waals surface area (Å²) in [5.74, 6) is 1.52. The number of amides is 1. The Balaban J connectivity index is 1.64. The second-order valence-electron chi connectivity index (χ2n) is 4.66. The van der Waals surface area contributed by atoms with Crippen LogP contribution in [0.15, 0.2) is 35.7 Å². The van der Waals surface area contributed by atoms with Crippen LogP contribution in [0.1, 0.15) is 23.4 Å². The van der Waals surface area contributed by atoms with Gasteiger partial charge < -0.3 is 14.8 Å². The van der Waals surface area contributed by atoms with Crippen LogP contribution in [0, 0.1) is 0 Å². The molecule has 1 aliphatic heterocycles.